The van der Waals surface area contributed by atoms with E-state index >= 15 is 0 Å². The highest BCUT2D eigenvalue weighted by Crippen LogP contribution is 2.44. The summed E-state index contributed by atoms with van der Waals surface area (Å²) in [6.45, 7) is 15.4. The molecule has 0 saturated carbocycles. The van der Waals surface area contributed by atoms with Crippen molar-refractivity contribution in [1.29, 1.82) is 0 Å². The quantitative estimate of drug-likeness (QED) is 0.0386. The molecule has 0 spiro atoms. The fourth-order valence-electron chi connectivity index (χ4n) is 16.4. The van der Waals surface area contributed by atoms with Crippen molar-refractivity contribution in [1.82, 2.24) is 104 Å². The third-order valence-corrected chi connectivity index (χ3v) is 24.1. The van der Waals surface area contributed by atoms with Crippen LogP contribution in [0, 0.1) is 5.92 Å². The van der Waals surface area contributed by atoms with Gasteiger partial charge in [-0.25, -0.2) is 24.7 Å². The average Bonchev–Trinajstić information content (AvgIpc) is 1.55. The maximum Gasteiger partial charge on any atom is 0.410 e. The second kappa shape index (κ2) is 46.6. The van der Waals surface area contributed by atoms with Crippen molar-refractivity contribution in [3.63, 3.8) is 0 Å². The normalized spacial score (nSPS) is 11.9. The molecule has 9 aromatic heterocycles. The summed E-state index contributed by atoms with van der Waals surface area (Å²) in [7, 11) is 20.3. The first-order valence-corrected chi connectivity index (χ1v) is 47.2. The Hall–Kier alpha value is -16.3. The molecule has 37 nitrogen and oxygen atoms in total. The largest absolute Gasteiger partial charge is 0.497 e. The van der Waals surface area contributed by atoms with Crippen LogP contribution in [0.4, 0.5) is 50.3 Å². The van der Waals surface area contributed by atoms with Crippen LogP contribution in [-0.2, 0) is 50.3 Å². The minimum atomic E-state index is -0.491. The fraction of sp³-hybridized carbons (Fsp3) is 0.314. The number of likely N-dealkylation sites (N-methyl/N-ethyl adjacent to an activating group) is 1. The van der Waals surface area contributed by atoms with Crippen LogP contribution >= 0.6 is 11.6 Å². The summed E-state index contributed by atoms with van der Waals surface area (Å²) in [6.07, 6.45) is 28.1. The molecule has 1 fully saturated rings. The molecule has 1 aliphatic rings. The number of carbonyl (C=O) groups is 2. The number of halogens is 1. The van der Waals surface area contributed by atoms with Gasteiger partial charge in [0.05, 0.1) is 192 Å². The van der Waals surface area contributed by atoms with Crippen molar-refractivity contribution < 1.29 is 52.2 Å². The minimum Gasteiger partial charge on any atom is -0.497 e. The van der Waals surface area contributed by atoms with Crippen LogP contribution in [0.25, 0.3) is 89.2 Å². The van der Waals surface area contributed by atoms with E-state index in [1.807, 2.05) is 198 Å². The van der Waals surface area contributed by atoms with Gasteiger partial charge in [-0.05, 0) is 132 Å². The number of methoxy groups -OCH3 is 8. The van der Waals surface area contributed by atoms with E-state index in [1.165, 1.54) is 0 Å². The first-order chi connectivity index (χ1) is 69.2. The van der Waals surface area contributed by atoms with Gasteiger partial charge < -0.3 is 78.2 Å². The standard InChI is InChI=1S/C32H40N6O4.C26H28N8O2.C24H27N7O3.C23H24ClN5O2/c1-32(2,3)42-31(39)37-12-9-22(10-13-37)11-14-38(25-15-26(40-5)18-27(16-25)41-6)24-7-8-28-29(17-24)35-30(20-33-28)23-19-34-36(4)21-23;1-5-8-33-16-19(30-31-33)17-34(21-9-22(35-3)12-23(10-21)36-4)20-6-7-24-25(11-20)29-26(14-27-24)18-13-28-32(2)15-18;1-26-24(32)15-30-14-16(12-28-30)23-13-27-21-5-4-17(10-22(21)29-23)31(7-6-25)18-8-19(33-2)11-20(9-18)34-3;1-5-8-29(21-10-17(30-3)11-22(31-4)23(21)24)16-6-7-18-19(9-16)27-20(13-25-18)15-12-26-28(2)14-15/h7-8,15-22H,9-14H2,1-6H3;6-7,9-16H,5,8,17H2,1-4H3;4-5,8-14H,6-7,15,25H2,1-3H3,(H,26,32);6-7,9-14H,5,8H2,1-4H3. The topological polar surface area (TPSA) is 377 Å². The Balaban J connectivity index is 0.000000144. The number of nitrogens with two attached hydrogens (primary N) is 1. The number of aryl methyl sites for hydroxylation is 4. The average molecular weight is 1960 g/mol. The Kier molecular flexibility index (Phi) is 33.0. The number of aromatic nitrogens is 19. The Morgan fingerprint density at radius 3 is 1.20 bits per heavy atom. The zero-order valence-electron chi connectivity index (χ0n) is 83.4. The zero-order valence-corrected chi connectivity index (χ0v) is 84.2. The van der Waals surface area contributed by atoms with E-state index in [-0.39, 0.29) is 18.5 Å². The summed E-state index contributed by atoms with van der Waals surface area (Å²) in [5.74, 6) is 5.81. The van der Waals surface area contributed by atoms with Crippen LogP contribution in [-0.4, -0.2) is 220 Å². The van der Waals surface area contributed by atoms with Crippen LogP contribution in [0.15, 0.2) is 220 Å². The van der Waals surface area contributed by atoms with E-state index in [2.05, 4.69) is 102 Å². The maximum absolute atomic E-state index is 12.6. The number of likely N-dealkylation sites (tertiary alicyclic amines) is 1. The lowest BCUT2D eigenvalue weighted by Gasteiger charge is -2.34. The molecule has 18 rings (SSSR count). The molecule has 38 heteroatoms. The molecule has 742 valence electrons. The van der Waals surface area contributed by atoms with E-state index in [4.69, 9.17) is 79.9 Å². The van der Waals surface area contributed by atoms with E-state index in [1.54, 1.807) is 144 Å². The number of fused-ring (bicyclic) bond motifs is 4. The highest BCUT2D eigenvalue weighted by atomic mass is 35.5. The number of ether oxygens (including phenoxy) is 9. The third kappa shape index (κ3) is 25.3. The van der Waals surface area contributed by atoms with E-state index < -0.39 is 5.60 Å². The van der Waals surface area contributed by atoms with Crippen LogP contribution in [0.5, 0.6) is 46.0 Å². The van der Waals surface area contributed by atoms with Crippen molar-refractivity contribution in [3.05, 3.63) is 231 Å². The van der Waals surface area contributed by atoms with Crippen LogP contribution < -0.4 is 68.5 Å². The summed E-state index contributed by atoms with van der Waals surface area (Å²) in [6, 6.07) is 45.2. The molecule has 8 aromatic carbocycles. The van der Waals surface area contributed by atoms with Gasteiger partial charge in [-0.15, -0.1) is 5.10 Å². The number of nitrogens with zero attached hydrogens (tertiary/aromatic N) is 24. The Bertz CT molecular complexity index is 7190. The number of benzene rings is 8. The third-order valence-electron chi connectivity index (χ3n) is 23.7. The number of anilines is 8. The zero-order chi connectivity index (χ0) is 101. The summed E-state index contributed by atoms with van der Waals surface area (Å²) >= 11 is 6.68. The number of carbonyl (C=O) groups excluding carboxylic acids is 2. The Morgan fingerprint density at radius 2 is 0.825 bits per heavy atom. The van der Waals surface area contributed by atoms with Gasteiger partial charge in [-0.1, -0.05) is 30.7 Å². The van der Waals surface area contributed by atoms with Crippen molar-refractivity contribution in [2.75, 3.05) is 123 Å². The Morgan fingerprint density at radius 1 is 0.434 bits per heavy atom. The number of hydrogen-bond acceptors (Lipinski definition) is 30. The van der Waals surface area contributed by atoms with E-state index in [0.717, 1.165) is 198 Å². The van der Waals surface area contributed by atoms with Gasteiger partial charge in [-0.2, -0.15) is 20.4 Å². The number of rotatable bonds is 33. The van der Waals surface area contributed by atoms with Crippen molar-refractivity contribution in [2.45, 2.75) is 92.0 Å². The monoisotopic (exact) mass is 1950 g/mol. The smallest absolute Gasteiger partial charge is 0.410 e. The lowest BCUT2D eigenvalue weighted by Crippen LogP contribution is -2.42. The lowest BCUT2D eigenvalue weighted by molar-refractivity contribution is -0.121. The molecule has 0 radical (unpaired) electrons. The lowest BCUT2D eigenvalue weighted by atomic mass is 9.93. The maximum atomic E-state index is 12.6. The summed E-state index contributed by atoms with van der Waals surface area (Å²) in [4.78, 5) is 72.5. The van der Waals surface area contributed by atoms with Crippen LogP contribution in [0.2, 0.25) is 5.02 Å². The molecule has 17 aromatic rings. The number of nitrogens with one attached hydrogen (secondary N) is 1. The van der Waals surface area contributed by atoms with E-state index in [9.17, 15) is 9.59 Å². The fourth-order valence-corrected chi connectivity index (χ4v) is 16.7. The molecule has 0 unspecified atom stereocenters. The van der Waals surface area contributed by atoms with Gasteiger partial charge >= 0.3 is 6.09 Å². The van der Waals surface area contributed by atoms with Crippen LogP contribution in [0.1, 0.15) is 72.4 Å². The molecular formula is C105H119ClN26O11. The second-order valence-electron chi connectivity index (χ2n) is 34.9. The molecule has 3 N–H and O–H groups in total. The summed E-state index contributed by atoms with van der Waals surface area (Å²) in [5.41, 5.74) is 26.5. The van der Waals surface area contributed by atoms with Gasteiger partial charge in [0.15, 0.2) is 0 Å². The predicted octanol–water partition coefficient (Wildman–Crippen LogP) is 18.2. The SMILES string of the molecule is CCCN(c1ccc2ncc(-c3cnn(C)c3)nc2c1)c1cc(OC)cc(OC)c1Cl.CCCn1cc(CN(c2cc(OC)cc(OC)c2)c2ccc3ncc(-c4cnn(C)c4)nc3c2)nn1.CNC(=O)Cn1cc(-c2cnc3ccc(N(CCN)c4cc(OC)cc(OC)c4)cc3n2)cn1.COc1cc(OC)cc(N(CCC2CCN(C(=O)OC(C)(C)C)CC2)c2ccc3ncc(-c4cnn(C)c4)nc3c2)c1. The molecule has 0 aliphatic carbocycles. The molecule has 1 saturated heterocycles. The first-order valence-electron chi connectivity index (χ1n) is 46.8. The van der Waals surface area contributed by atoms with Crippen LogP contribution in [0.3, 0.4) is 0 Å². The molecule has 10 heterocycles. The van der Waals surface area contributed by atoms with Crippen molar-refractivity contribution in [3.8, 4) is 91.0 Å². The highest BCUT2D eigenvalue weighted by Gasteiger charge is 2.30. The van der Waals surface area contributed by atoms with Gasteiger partial charge in [0.2, 0.25) is 5.91 Å². The highest BCUT2D eigenvalue weighted by molar-refractivity contribution is 6.35. The van der Waals surface area contributed by atoms with Crippen molar-refractivity contribution in [2.24, 2.45) is 32.8 Å². The molecule has 143 heavy (non-hydrogen) atoms. The molecule has 0 atom stereocenters. The number of hydrogen-bond donors (Lipinski definition) is 2. The second-order valence-corrected chi connectivity index (χ2v) is 35.3. The first kappa shape index (κ1) is 101. The molecule has 2 amide bonds. The van der Waals surface area contributed by atoms with E-state index in [0.29, 0.717) is 83.9 Å². The molecular weight excluding hydrogens is 1840 g/mol. The molecule has 1 aliphatic heterocycles. The number of amides is 2. The van der Waals surface area contributed by atoms with Gasteiger partial charge in [0, 0.05) is 228 Å². The van der Waals surface area contributed by atoms with Gasteiger partial charge in [-0.3, -0.25) is 48.1 Å². The molecule has 0 bridgehead atoms. The van der Waals surface area contributed by atoms with Gasteiger partial charge in [0.1, 0.15) is 68.9 Å². The minimum absolute atomic E-state index is 0.127. The number of piperidine rings is 1. The summed E-state index contributed by atoms with van der Waals surface area (Å²) < 4.78 is 58.3. The van der Waals surface area contributed by atoms with Crippen molar-refractivity contribution >= 4 is 113 Å². The Labute approximate surface area is 834 Å². The summed E-state index contributed by atoms with van der Waals surface area (Å²) in [5, 5.41) is 28.8. The predicted molar refractivity (Wildman–Crippen MR) is 555 cm³/mol. The van der Waals surface area contributed by atoms with Gasteiger partial charge in [0.25, 0.3) is 0 Å².